The largest absolute Gasteiger partial charge is 0.383 e. The summed E-state index contributed by atoms with van der Waals surface area (Å²) >= 11 is 0. The number of carbonyl (C=O) groups is 1. The Labute approximate surface area is 187 Å². The van der Waals surface area contributed by atoms with E-state index in [4.69, 9.17) is 9.26 Å². The Morgan fingerprint density at radius 2 is 2.19 bits per heavy atom. The number of rotatable bonds is 6. The molecule has 1 saturated heterocycles. The predicted molar refractivity (Wildman–Crippen MR) is 120 cm³/mol. The van der Waals surface area contributed by atoms with Gasteiger partial charge in [0.1, 0.15) is 16.9 Å². The van der Waals surface area contributed by atoms with Crippen molar-refractivity contribution in [3.63, 3.8) is 0 Å². The minimum absolute atomic E-state index is 0.00542. The van der Waals surface area contributed by atoms with Crippen LogP contribution in [0.25, 0.3) is 5.82 Å². The van der Waals surface area contributed by atoms with E-state index in [0.717, 1.165) is 36.6 Å². The van der Waals surface area contributed by atoms with Crippen molar-refractivity contribution in [2.24, 2.45) is 0 Å². The molecule has 32 heavy (non-hydrogen) atoms. The molecule has 0 aliphatic carbocycles. The Kier molecular flexibility index (Phi) is 5.25. The molecule has 2 aliphatic heterocycles. The average Bonchev–Trinajstić information content (AvgIpc) is 3.53. The van der Waals surface area contributed by atoms with E-state index in [-0.39, 0.29) is 11.4 Å². The number of fused-ring (bicyclic) bond motifs is 4. The summed E-state index contributed by atoms with van der Waals surface area (Å²) in [6.07, 6.45) is 6.33. The lowest BCUT2D eigenvalue weighted by Gasteiger charge is -2.47. The van der Waals surface area contributed by atoms with Gasteiger partial charge in [0.05, 0.1) is 23.7 Å². The first-order valence-electron chi connectivity index (χ1n) is 11.2. The van der Waals surface area contributed by atoms with Crippen molar-refractivity contribution in [3.8, 4) is 5.82 Å². The lowest BCUT2D eigenvalue weighted by atomic mass is 9.89. The summed E-state index contributed by atoms with van der Waals surface area (Å²) in [6, 6.07) is 8.29. The summed E-state index contributed by atoms with van der Waals surface area (Å²) in [4.78, 5) is 22.6. The number of methoxy groups -OCH3 is 1. The minimum atomic E-state index is -0.344. The minimum Gasteiger partial charge on any atom is -0.383 e. The summed E-state index contributed by atoms with van der Waals surface area (Å²) in [5, 5.41) is 4.08. The molecule has 3 aromatic rings. The maximum atomic E-state index is 13.6. The molecule has 0 N–H and O–H groups in total. The third kappa shape index (κ3) is 3.04. The van der Waals surface area contributed by atoms with Gasteiger partial charge in [-0.25, -0.2) is 4.98 Å². The zero-order valence-corrected chi connectivity index (χ0v) is 18.9. The normalized spacial score (nSPS) is 19.5. The molecule has 1 amide bonds. The second-order valence-electron chi connectivity index (χ2n) is 8.58. The number of aromatic nitrogens is 3. The fourth-order valence-corrected chi connectivity index (χ4v) is 5.26. The van der Waals surface area contributed by atoms with Gasteiger partial charge in [0.15, 0.2) is 5.82 Å². The van der Waals surface area contributed by atoms with Crippen molar-refractivity contribution in [1.82, 2.24) is 19.6 Å². The predicted octanol–water partition coefficient (Wildman–Crippen LogP) is 3.33. The van der Waals surface area contributed by atoms with Crippen LogP contribution in [-0.2, 0) is 16.7 Å². The maximum absolute atomic E-state index is 13.6. The Morgan fingerprint density at radius 1 is 1.31 bits per heavy atom. The molecule has 0 unspecified atom stereocenters. The Bertz CT molecular complexity index is 1140. The molecule has 3 aromatic heterocycles. The average molecular weight is 436 g/mol. The highest BCUT2D eigenvalue weighted by Gasteiger charge is 2.51. The van der Waals surface area contributed by atoms with Crippen molar-refractivity contribution in [3.05, 3.63) is 59.4 Å². The Morgan fingerprint density at radius 3 is 3.00 bits per heavy atom. The highest BCUT2D eigenvalue weighted by atomic mass is 16.5. The number of hydrogen-bond donors (Lipinski definition) is 0. The molecule has 0 radical (unpaired) electrons. The van der Waals surface area contributed by atoms with Crippen molar-refractivity contribution in [2.45, 2.75) is 38.6 Å². The molecular formula is C24H29N5O3. The fraction of sp³-hybridized carbons (Fsp3) is 0.458. The number of hydrogen-bond acceptors (Lipinski definition) is 6. The smallest absolute Gasteiger partial charge is 0.259 e. The van der Waals surface area contributed by atoms with Gasteiger partial charge in [-0.1, -0.05) is 12.1 Å². The van der Waals surface area contributed by atoms with E-state index in [2.05, 4.69) is 50.9 Å². The van der Waals surface area contributed by atoms with Crippen LogP contribution in [0.3, 0.4) is 0 Å². The van der Waals surface area contributed by atoms with E-state index in [9.17, 15) is 4.79 Å². The maximum Gasteiger partial charge on any atom is 0.259 e. The molecule has 2 aliphatic rings. The SMILES string of the molecule is CCCc1onc(C)c1C(=O)N1CC[C@]2(C1)c1cccn1-c1ncccc1N2CCOC. The van der Waals surface area contributed by atoms with Gasteiger partial charge in [-0.15, -0.1) is 0 Å². The second kappa shape index (κ2) is 8.09. The number of aryl methyl sites for hydroxylation is 2. The van der Waals surface area contributed by atoms with Crippen molar-refractivity contribution >= 4 is 11.6 Å². The van der Waals surface area contributed by atoms with Crippen molar-refractivity contribution in [1.29, 1.82) is 0 Å². The molecule has 1 atom stereocenters. The number of anilines is 1. The monoisotopic (exact) mass is 435 g/mol. The molecule has 5 heterocycles. The topological polar surface area (TPSA) is 76.6 Å². The first-order valence-corrected chi connectivity index (χ1v) is 11.2. The van der Waals surface area contributed by atoms with Gasteiger partial charge in [0.25, 0.3) is 5.91 Å². The molecule has 5 rings (SSSR count). The Balaban J connectivity index is 1.55. The van der Waals surface area contributed by atoms with Crippen LogP contribution in [0.5, 0.6) is 0 Å². The van der Waals surface area contributed by atoms with Crippen LogP contribution < -0.4 is 4.90 Å². The summed E-state index contributed by atoms with van der Waals surface area (Å²) in [6.45, 7) is 6.49. The van der Waals surface area contributed by atoms with Crippen molar-refractivity contribution in [2.75, 3.05) is 38.3 Å². The zero-order valence-electron chi connectivity index (χ0n) is 18.9. The molecule has 168 valence electrons. The first-order chi connectivity index (χ1) is 15.6. The van der Waals surface area contributed by atoms with E-state index in [1.807, 2.05) is 24.1 Å². The molecule has 0 aromatic carbocycles. The standard InChI is InChI=1S/C24H29N5O3/c1-4-7-19-21(17(2)26-32-19)23(30)27-13-10-24(16-27)20-9-6-12-28(20)22-18(8-5-11-25-22)29(24)14-15-31-3/h5-6,8-9,11-12H,4,7,10,13-16H2,1-3H3/t24-/m0/s1. The highest BCUT2D eigenvalue weighted by molar-refractivity contribution is 5.96. The van der Waals surface area contributed by atoms with E-state index >= 15 is 0 Å². The molecule has 1 fully saturated rings. The zero-order chi connectivity index (χ0) is 22.3. The van der Waals surface area contributed by atoms with Crippen LogP contribution in [-0.4, -0.2) is 58.9 Å². The number of carbonyl (C=O) groups excluding carboxylic acids is 1. The van der Waals surface area contributed by atoms with Crippen LogP contribution >= 0.6 is 0 Å². The lowest BCUT2D eigenvalue weighted by Crippen LogP contribution is -2.53. The van der Waals surface area contributed by atoms with Crippen LogP contribution in [0.15, 0.2) is 41.2 Å². The lowest BCUT2D eigenvalue weighted by molar-refractivity contribution is 0.0778. The third-order valence-electron chi connectivity index (χ3n) is 6.71. The van der Waals surface area contributed by atoms with E-state index < -0.39 is 0 Å². The molecule has 8 nitrogen and oxygen atoms in total. The summed E-state index contributed by atoms with van der Waals surface area (Å²) < 4.78 is 13.1. The third-order valence-corrected chi connectivity index (χ3v) is 6.71. The molecule has 0 bridgehead atoms. The number of amides is 1. The number of ether oxygens (including phenoxy) is 1. The van der Waals surface area contributed by atoms with E-state index in [1.54, 1.807) is 7.11 Å². The summed E-state index contributed by atoms with van der Waals surface area (Å²) in [5.41, 5.74) is 3.17. The summed E-state index contributed by atoms with van der Waals surface area (Å²) in [5.74, 6) is 1.61. The van der Waals surface area contributed by atoms with E-state index in [1.165, 1.54) is 0 Å². The van der Waals surface area contributed by atoms with Gasteiger partial charge in [-0.3, -0.25) is 4.79 Å². The highest BCUT2D eigenvalue weighted by Crippen LogP contribution is 2.47. The van der Waals surface area contributed by atoms with Crippen LogP contribution in [0.2, 0.25) is 0 Å². The molecule has 8 heteroatoms. The number of nitrogens with zero attached hydrogens (tertiary/aromatic N) is 5. The Hall–Kier alpha value is -3.13. The van der Waals surface area contributed by atoms with Gasteiger partial charge in [-0.05, 0) is 44.0 Å². The molecule has 0 saturated carbocycles. The van der Waals surface area contributed by atoms with Crippen LogP contribution in [0.4, 0.5) is 5.69 Å². The van der Waals surface area contributed by atoms with Crippen LogP contribution in [0, 0.1) is 6.92 Å². The summed E-state index contributed by atoms with van der Waals surface area (Å²) in [7, 11) is 1.72. The second-order valence-corrected chi connectivity index (χ2v) is 8.58. The van der Waals surface area contributed by atoms with E-state index in [0.29, 0.717) is 43.1 Å². The number of pyridine rings is 1. The van der Waals surface area contributed by atoms with Crippen LogP contribution in [0.1, 0.15) is 47.3 Å². The van der Waals surface area contributed by atoms with Gasteiger partial charge in [0.2, 0.25) is 0 Å². The van der Waals surface area contributed by atoms with Gasteiger partial charge < -0.3 is 23.6 Å². The fourth-order valence-electron chi connectivity index (χ4n) is 5.26. The number of likely N-dealkylation sites (tertiary alicyclic amines) is 1. The van der Waals surface area contributed by atoms with Gasteiger partial charge in [0, 0.05) is 45.6 Å². The first kappa shape index (κ1) is 20.8. The van der Waals surface area contributed by atoms with Gasteiger partial charge >= 0.3 is 0 Å². The molecule has 1 spiro atoms. The molecular weight excluding hydrogens is 406 g/mol. The van der Waals surface area contributed by atoms with Gasteiger partial charge in [-0.2, -0.15) is 0 Å². The quantitative estimate of drug-likeness (QED) is 0.591. The van der Waals surface area contributed by atoms with Crippen molar-refractivity contribution < 1.29 is 14.1 Å².